The number of hydrogen-bond acceptors (Lipinski definition) is 4. The van der Waals surface area contributed by atoms with Gasteiger partial charge in [-0.2, -0.15) is 5.10 Å². The molecule has 4 heterocycles. The van der Waals surface area contributed by atoms with Gasteiger partial charge in [0.1, 0.15) is 5.69 Å². The van der Waals surface area contributed by atoms with Crippen molar-refractivity contribution in [3.63, 3.8) is 0 Å². The molecule has 1 aliphatic rings. The van der Waals surface area contributed by atoms with Crippen LogP contribution in [0.4, 0.5) is 0 Å². The Morgan fingerprint density at radius 2 is 2.23 bits per heavy atom. The molecule has 0 radical (unpaired) electrons. The molecule has 26 heavy (non-hydrogen) atoms. The molecule has 4 rings (SSSR count). The van der Waals surface area contributed by atoms with Crippen LogP contribution in [0.15, 0.2) is 23.1 Å². The summed E-state index contributed by atoms with van der Waals surface area (Å²) >= 11 is 0. The molecular formula is C18H22N6O2. The molecule has 8 nitrogen and oxygen atoms in total. The fourth-order valence-electron chi connectivity index (χ4n) is 3.70. The van der Waals surface area contributed by atoms with E-state index in [1.807, 2.05) is 18.7 Å². The number of fused-ring (bicyclic) bond motifs is 1. The summed E-state index contributed by atoms with van der Waals surface area (Å²) in [5.41, 5.74) is 3.94. The summed E-state index contributed by atoms with van der Waals surface area (Å²) in [4.78, 5) is 31.7. The minimum atomic E-state index is -0.107. The van der Waals surface area contributed by atoms with Gasteiger partial charge in [0.15, 0.2) is 5.65 Å². The molecule has 1 saturated heterocycles. The SMILES string of the molecule is CCc1[nH]n2c(=O)cc([C@@H]3CCN(C(=O)c4ccnn4C)C3)nc2c1C. The first-order chi connectivity index (χ1) is 12.5. The van der Waals surface area contributed by atoms with Crippen LogP contribution in [0, 0.1) is 6.92 Å². The van der Waals surface area contributed by atoms with Crippen molar-refractivity contribution < 1.29 is 4.79 Å². The smallest absolute Gasteiger partial charge is 0.272 e. The van der Waals surface area contributed by atoms with Crippen molar-refractivity contribution in [3.8, 4) is 0 Å². The third-order valence-corrected chi connectivity index (χ3v) is 5.26. The van der Waals surface area contributed by atoms with E-state index in [-0.39, 0.29) is 17.4 Å². The Hall–Kier alpha value is -2.90. The number of hydrogen-bond donors (Lipinski definition) is 1. The first-order valence-electron chi connectivity index (χ1n) is 8.88. The first kappa shape index (κ1) is 16.6. The minimum absolute atomic E-state index is 0.0311. The van der Waals surface area contributed by atoms with Crippen molar-refractivity contribution in [1.82, 2.24) is 29.3 Å². The Bertz CT molecular complexity index is 1040. The molecule has 0 unspecified atom stereocenters. The highest BCUT2D eigenvalue weighted by molar-refractivity contribution is 5.92. The van der Waals surface area contributed by atoms with Gasteiger partial charge in [-0.05, 0) is 25.8 Å². The van der Waals surface area contributed by atoms with Crippen LogP contribution in [0.2, 0.25) is 0 Å². The average Bonchev–Trinajstić information content (AvgIpc) is 3.34. The summed E-state index contributed by atoms with van der Waals surface area (Å²) < 4.78 is 3.09. The standard InChI is InChI=1S/C18H22N6O2/c1-4-13-11(2)17-20-14(9-16(25)24(17)21-13)12-6-8-23(10-12)18(26)15-5-7-19-22(15)3/h5,7,9,12,21H,4,6,8,10H2,1-3H3/t12-/m1/s1. The van der Waals surface area contributed by atoms with Crippen molar-refractivity contribution in [2.45, 2.75) is 32.6 Å². The van der Waals surface area contributed by atoms with Gasteiger partial charge >= 0.3 is 0 Å². The van der Waals surface area contributed by atoms with Crippen molar-refractivity contribution in [2.24, 2.45) is 7.05 Å². The molecule has 0 aromatic carbocycles. The van der Waals surface area contributed by atoms with Crippen molar-refractivity contribution in [2.75, 3.05) is 13.1 Å². The monoisotopic (exact) mass is 354 g/mol. The van der Waals surface area contributed by atoms with Crippen molar-refractivity contribution in [3.05, 3.63) is 51.3 Å². The van der Waals surface area contributed by atoms with Gasteiger partial charge in [0, 0.05) is 49.6 Å². The number of rotatable bonds is 3. The van der Waals surface area contributed by atoms with E-state index in [2.05, 4.69) is 10.2 Å². The Labute approximate surface area is 150 Å². The normalized spacial score (nSPS) is 17.3. The number of aromatic amines is 1. The number of H-pyrrole nitrogens is 1. The second kappa shape index (κ2) is 6.12. The molecule has 3 aromatic heterocycles. The molecule has 0 bridgehead atoms. The third kappa shape index (κ3) is 2.53. The molecule has 8 heteroatoms. The average molecular weight is 354 g/mol. The van der Waals surface area contributed by atoms with Gasteiger partial charge < -0.3 is 4.90 Å². The van der Waals surface area contributed by atoms with E-state index in [1.165, 1.54) is 4.52 Å². The van der Waals surface area contributed by atoms with Gasteiger partial charge in [-0.3, -0.25) is 19.4 Å². The summed E-state index contributed by atoms with van der Waals surface area (Å²) in [7, 11) is 1.76. The molecule has 1 atom stereocenters. The van der Waals surface area contributed by atoms with Crippen molar-refractivity contribution in [1.29, 1.82) is 0 Å². The maximum atomic E-state index is 12.7. The Morgan fingerprint density at radius 1 is 1.42 bits per heavy atom. The topological polar surface area (TPSA) is 88.3 Å². The lowest BCUT2D eigenvalue weighted by molar-refractivity contribution is 0.0780. The Balaban J connectivity index is 1.63. The quantitative estimate of drug-likeness (QED) is 0.767. The molecule has 0 spiro atoms. The van der Waals surface area contributed by atoms with Crippen LogP contribution in [0.3, 0.4) is 0 Å². The second-order valence-corrected chi connectivity index (χ2v) is 6.82. The van der Waals surface area contributed by atoms with E-state index in [0.717, 1.165) is 29.8 Å². The summed E-state index contributed by atoms with van der Waals surface area (Å²) in [6.45, 7) is 5.25. The van der Waals surface area contributed by atoms with Crippen LogP contribution in [-0.2, 0) is 13.5 Å². The first-order valence-corrected chi connectivity index (χ1v) is 8.88. The number of nitrogens with zero attached hydrogens (tertiary/aromatic N) is 5. The molecule has 3 aromatic rings. The Kier molecular flexibility index (Phi) is 3.90. The number of carbonyl (C=O) groups is 1. The second-order valence-electron chi connectivity index (χ2n) is 6.82. The van der Waals surface area contributed by atoms with Crippen LogP contribution in [0.1, 0.15) is 46.7 Å². The lowest BCUT2D eigenvalue weighted by Crippen LogP contribution is -2.30. The number of aryl methyl sites for hydroxylation is 3. The van der Waals surface area contributed by atoms with E-state index in [9.17, 15) is 9.59 Å². The largest absolute Gasteiger partial charge is 0.337 e. The third-order valence-electron chi connectivity index (χ3n) is 5.26. The highest BCUT2D eigenvalue weighted by Gasteiger charge is 2.30. The van der Waals surface area contributed by atoms with E-state index < -0.39 is 0 Å². The lowest BCUT2D eigenvalue weighted by Gasteiger charge is -2.16. The zero-order valence-corrected chi connectivity index (χ0v) is 15.2. The van der Waals surface area contributed by atoms with E-state index in [0.29, 0.717) is 24.4 Å². The zero-order valence-electron chi connectivity index (χ0n) is 15.2. The fraction of sp³-hybridized carbons (Fsp3) is 0.444. The van der Waals surface area contributed by atoms with Crippen LogP contribution in [0.5, 0.6) is 0 Å². The van der Waals surface area contributed by atoms with Crippen LogP contribution in [-0.4, -0.2) is 48.3 Å². The molecule has 1 N–H and O–H groups in total. The van der Waals surface area contributed by atoms with Crippen LogP contribution in [0.25, 0.3) is 5.65 Å². The maximum absolute atomic E-state index is 12.7. The highest BCUT2D eigenvalue weighted by Crippen LogP contribution is 2.27. The molecule has 0 aliphatic carbocycles. The van der Waals surface area contributed by atoms with E-state index in [1.54, 1.807) is 30.1 Å². The minimum Gasteiger partial charge on any atom is -0.337 e. The lowest BCUT2D eigenvalue weighted by atomic mass is 10.0. The summed E-state index contributed by atoms with van der Waals surface area (Å²) in [6.07, 6.45) is 3.24. The van der Waals surface area contributed by atoms with Crippen LogP contribution < -0.4 is 5.56 Å². The van der Waals surface area contributed by atoms with E-state index in [4.69, 9.17) is 4.98 Å². The summed E-state index contributed by atoms with van der Waals surface area (Å²) in [6, 6.07) is 3.31. The number of nitrogens with one attached hydrogen (secondary N) is 1. The zero-order chi connectivity index (χ0) is 18.4. The molecule has 1 amide bonds. The summed E-state index contributed by atoms with van der Waals surface area (Å²) in [5.74, 6) is 0.0423. The van der Waals surface area contributed by atoms with Gasteiger partial charge in [-0.25, -0.2) is 9.50 Å². The van der Waals surface area contributed by atoms with Gasteiger partial charge in [-0.1, -0.05) is 6.92 Å². The molecule has 136 valence electrons. The van der Waals surface area contributed by atoms with E-state index >= 15 is 0 Å². The van der Waals surface area contributed by atoms with Gasteiger partial charge in [0.25, 0.3) is 11.5 Å². The predicted octanol–water partition coefficient (Wildman–Crippen LogP) is 1.26. The van der Waals surface area contributed by atoms with Crippen molar-refractivity contribution >= 4 is 11.6 Å². The van der Waals surface area contributed by atoms with Gasteiger partial charge in [0.2, 0.25) is 0 Å². The fourth-order valence-corrected chi connectivity index (χ4v) is 3.70. The predicted molar refractivity (Wildman–Crippen MR) is 96.4 cm³/mol. The van der Waals surface area contributed by atoms with Gasteiger partial charge in [-0.15, -0.1) is 0 Å². The maximum Gasteiger partial charge on any atom is 0.272 e. The summed E-state index contributed by atoms with van der Waals surface area (Å²) in [5, 5.41) is 7.18. The Morgan fingerprint density at radius 3 is 2.92 bits per heavy atom. The molecule has 1 fully saturated rings. The number of likely N-dealkylation sites (tertiary alicyclic amines) is 1. The molecule has 1 aliphatic heterocycles. The van der Waals surface area contributed by atoms with Gasteiger partial charge in [0.05, 0.1) is 5.69 Å². The molecular weight excluding hydrogens is 332 g/mol. The highest BCUT2D eigenvalue weighted by atomic mass is 16.2. The number of amides is 1. The van der Waals surface area contributed by atoms with Crippen LogP contribution >= 0.6 is 0 Å². The number of aromatic nitrogens is 5. The molecule has 0 saturated carbocycles. The number of carbonyl (C=O) groups excluding carboxylic acids is 1.